The zero-order chi connectivity index (χ0) is 15.7. The first-order valence-corrected chi connectivity index (χ1v) is 8.20. The van der Waals surface area contributed by atoms with Crippen LogP contribution in [0, 0.1) is 5.92 Å². The minimum absolute atomic E-state index is 0.491. The SMILES string of the molecule is C=CC(C=C(C(=CC)CC)C1C=CC=CC1)=C(C)CCC. The van der Waals surface area contributed by atoms with Gasteiger partial charge < -0.3 is 0 Å². The predicted octanol–water partition coefficient (Wildman–Crippen LogP) is 6.70. The van der Waals surface area contributed by atoms with E-state index >= 15 is 0 Å². The number of hydrogen-bond donors (Lipinski definition) is 0. The zero-order valence-corrected chi connectivity index (χ0v) is 14.2. The lowest BCUT2D eigenvalue weighted by atomic mass is 9.84. The van der Waals surface area contributed by atoms with E-state index in [1.54, 1.807) is 0 Å². The van der Waals surface area contributed by atoms with Crippen molar-refractivity contribution in [3.05, 3.63) is 71.4 Å². The van der Waals surface area contributed by atoms with Crippen LogP contribution < -0.4 is 0 Å². The lowest BCUT2D eigenvalue weighted by molar-refractivity contribution is 0.762. The van der Waals surface area contributed by atoms with Gasteiger partial charge in [-0.3, -0.25) is 0 Å². The maximum Gasteiger partial charge on any atom is 0.00585 e. The van der Waals surface area contributed by atoms with Crippen LogP contribution in [0.4, 0.5) is 0 Å². The molecule has 0 aromatic heterocycles. The third-order valence-corrected chi connectivity index (χ3v) is 4.13. The Balaban J connectivity index is 3.25. The second-order valence-corrected chi connectivity index (χ2v) is 5.61. The highest BCUT2D eigenvalue weighted by atomic mass is 14.2. The lowest BCUT2D eigenvalue weighted by Crippen LogP contribution is -2.05. The quantitative estimate of drug-likeness (QED) is 0.455. The number of allylic oxidation sites excluding steroid dienone is 11. The summed E-state index contributed by atoms with van der Waals surface area (Å²) in [7, 11) is 0. The molecular weight excluding hydrogens is 252 g/mol. The molecule has 1 unspecified atom stereocenters. The molecule has 0 spiro atoms. The second kappa shape index (κ2) is 9.39. The smallest absolute Gasteiger partial charge is 0.00585 e. The Hall–Kier alpha value is -1.56. The molecule has 0 fully saturated rings. The maximum absolute atomic E-state index is 4.02. The molecule has 0 amide bonds. The van der Waals surface area contributed by atoms with E-state index in [4.69, 9.17) is 0 Å². The molecule has 0 aromatic carbocycles. The number of hydrogen-bond acceptors (Lipinski definition) is 0. The zero-order valence-electron chi connectivity index (χ0n) is 14.2. The summed E-state index contributed by atoms with van der Waals surface area (Å²) in [6.45, 7) is 12.9. The summed E-state index contributed by atoms with van der Waals surface area (Å²) >= 11 is 0. The molecule has 0 heteroatoms. The van der Waals surface area contributed by atoms with Crippen LogP contribution in [0.3, 0.4) is 0 Å². The van der Waals surface area contributed by atoms with Crippen molar-refractivity contribution in [3.63, 3.8) is 0 Å². The van der Waals surface area contributed by atoms with Crippen LogP contribution in [-0.2, 0) is 0 Å². The van der Waals surface area contributed by atoms with Gasteiger partial charge in [0.05, 0.1) is 0 Å². The van der Waals surface area contributed by atoms with Gasteiger partial charge in [0.15, 0.2) is 0 Å². The molecule has 0 bridgehead atoms. The van der Waals surface area contributed by atoms with Crippen molar-refractivity contribution in [1.29, 1.82) is 0 Å². The summed E-state index contributed by atoms with van der Waals surface area (Å²) in [5.74, 6) is 0.491. The third-order valence-electron chi connectivity index (χ3n) is 4.13. The third kappa shape index (κ3) is 5.04. The highest BCUT2D eigenvalue weighted by molar-refractivity contribution is 5.46. The molecule has 1 aliphatic carbocycles. The Labute approximate surface area is 131 Å². The highest BCUT2D eigenvalue weighted by Crippen LogP contribution is 2.30. The fourth-order valence-corrected chi connectivity index (χ4v) is 2.87. The van der Waals surface area contributed by atoms with Crippen molar-refractivity contribution in [1.82, 2.24) is 0 Å². The van der Waals surface area contributed by atoms with E-state index in [0.29, 0.717) is 5.92 Å². The first-order valence-electron chi connectivity index (χ1n) is 8.20. The van der Waals surface area contributed by atoms with E-state index in [9.17, 15) is 0 Å². The molecule has 0 aromatic rings. The van der Waals surface area contributed by atoms with Crippen LogP contribution in [0.15, 0.2) is 71.4 Å². The van der Waals surface area contributed by atoms with Crippen LogP contribution >= 0.6 is 0 Å². The normalized spacial score (nSPS) is 20.5. The molecule has 0 radical (unpaired) electrons. The van der Waals surface area contributed by atoms with E-state index < -0.39 is 0 Å². The van der Waals surface area contributed by atoms with Crippen LogP contribution in [0.1, 0.15) is 53.4 Å². The molecule has 114 valence electrons. The van der Waals surface area contributed by atoms with E-state index in [1.165, 1.54) is 28.7 Å². The second-order valence-electron chi connectivity index (χ2n) is 5.61. The van der Waals surface area contributed by atoms with Gasteiger partial charge in [-0.2, -0.15) is 0 Å². The van der Waals surface area contributed by atoms with E-state index in [0.717, 1.165) is 19.3 Å². The van der Waals surface area contributed by atoms with Crippen molar-refractivity contribution < 1.29 is 0 Å². The Morgan fingerprint density at radius 2 is 2.05 bits per heavy atom. The average Bonchev–Trinajstić information content (AvgIpc) is 2.52. The monoisotopic (exact) mass is 282 g/mol. The first-order chi connectivity index (χ1) is 10.2. The van der Waals surface area contributed by atoms with Gasteiger partial charge in [-0.15, -0.1) is 0 Å². The van der Waals surface area contributed by atoms with Gasteiger partial charge >= 0.3 is 0 Å². The standard InChI is InChI=1S/C21H30/c1-6-13-17(5)19(9-4)16-21(18(7-2)8-3)20-14-11-10-12-15-20/h7,9-12,14,16,20H,4,6,8,13,15H2,1-3,5H3. The largest absolute Gasteiger partial charge is 0.0985 e. The van der Waals surface area contributed by atoms with Crippen LogP contribution in [0.25, 0.3) is 0 Å². The van der Waals surface area contributed by atoms with Crippen LogP contribution in [0.5, 0.6) is 0 Å². The van der Waals surface area contributed by atoms with Crippen molar-refractivity contribution in [2.75, 3.05) is 0 Å². The fraction of sp³-hybridized carbons (Fsp3) is 0.429. The average molecular weight is 282 g/mol. The van der Waals surface area contributed by atoms with Gasteiger partial charge in [0.2, 0.25) is 0 Å². The fourth-order valence-electron chi connectivity index (χ4n) is 2.87. The molecule has 0 saturated carbocycles. The van der Waals surface area contributed by atoms with E-state index in [2.05, 4.69) is 70.7 Å². The highest BCUT2D eigenvalue weighted by Gasteiger charge is 2.15. The maximum atomic E-state index is 4.02. The van der Waals surface area contributed by atoms with E-state index in [1.807, 2.05) is 6.08 Å². The van der Waals surface area contributed by atoms with Gasteiger partial charge in [0, 0.05) is 5.92 Å². The minimum Gasteiger partial charge on any atom is -0.0985 e. The van der Waals surface area contributed by atoms with Crippen molar-refractivity contribution in [3.8, 4) is 0 Å². The van der Waals surface area contributed by atoms with Crippen molar-refractivity contribution in [2.45, 2.75) is 53.4 Å². The van der Waals surface area contributed by atoms with Gasteiger partial charge in [-0.1, -0.05) is 75.0 Å². The van der Waals surface area contributed by atoms with Crippen LogP contribution in [-0.4, -0.2) is 0 Å². The van der Waals surface area contributed by atoms with Gasteiger partial charge in [-0.25, -0.2) is 0 Å². The summed E-state index contributed by atoms with van der Waals surface area (Å²) in [6, 6.07) is 0. The van der Waals surface area contributed by atoms with Gasteiger partial charge in [0.25, 0.3) is 0 Å². The molecule has 1 aliphatic rings. The van der Waals surface area contributed by atoms with Gasteiger partial charge in [-0.05, 0) is 49.8 Å². The van der Waals surface area contributed by atoms with Crippen LogP contribution in [0.2, 0.25) is 0 Å². The summed E-state index contributed by atoms with van der Waals surface area (Å²) in [6.07, 6.45) is 20.0. The summed E-state index contributed by atoms with van der Waals surface area (Å²) in [5.41, 5.74) is 5.63. The molecule has 21 heavy (non-hydrogen) atoms. The molecule has 0 N–H and O–H groups in total. The summed E-state index contributed by atoms with van der Waals surface area (Å²) in [5, 5.41) is 0. The molecule has 0 nitrogen and oxygen atoms in total. The van der Waals surface area contributed by atoms with Gasteiger partial charge in [0.1, 0.15) is 0 Å². The minimum atomic E-state index is 0.491. The van der Waals surface area contributed by atoms with E-state index in [-0.39, 0.29) is 0 Å². The Kier molecular flexibility index (Phi) is 7.82. The lowest BCUT2D eigenvalue weighted by Gasteiger charge is -2.21. The molecule has 1 atom stereocenters. The Bertz CT molecular complexity index is 492. The Morgan fingerprint density at radius 3 is 2.52 bits per heavy atom. The topological polar surface area (TPSA) is 0 Å². The molecule has 0 aliphatic heterocycles. The van der Waals surface area contributed by atoms with Crippen molar-refractivity contribution in [2.24, 2.45) is 5.92 Å². The number of rotatable bonds is 7. The predicted molar refractivity (Wildman–Crippen MR) is 96.3 cm³/mol. The Morgan fingerprint density at radius 1 is 1.29 bits per heavy atom. The summed E-state index contributed by atoms with van der Waals surface area (Å²) in [4.78, 5) is 0. The molecule has 1 rings (SSSR count). The molecular formula is C21H30. The molecule has 0 heterocycles. The molecule has 0 saturated heterocycles. The summed E-state index contributed by atoms with van der Waals surface area (Å²) < 4.78 is 0. The van der Waals surface area contributed by atoms with Crippen molar-refractivity contribution >= 4 is 0 Å². The first kappa shape index (κ1) is 17.5.